The second-order valence-corrected chi connectivity index (χ2v) is 14.0. The minimum absolute atomic E-state index is 0.0832. The first-order valence-electron chi connectivity index (χ1n) is 14.1. The van der Waals surface area contributed by atoms with Crippen LogP contribution in [0.15, 0.2) is 16.0 Å². The van der Waals surface area contributed by atoms with Gasteiger partial charge in [-0.25, -0.2) is 13.8 Å². The molecule has 0 saturated heterocycles. The number of halogens is 2. The summed E-state index contributed by atoms with van der Waals surface area (Å²) in [4.78, 5) is 26.6. The topological polar surface area (TPSA) is 66.8 Å². The fourth-order valence-corrected chi connectivity index (χ4v) is 7.98. The van der Waals surface area contributed by atoms with Gasteiger partial charge in [-0.1, -0.05) is 29.2 Å². The number of hydrogen-bond donors (Lipinski definition) is 1. The van der Waals surface area contributed by atoms with Crippen LogP contribution in [0.1, 0.15) is 82.2 Å². The molecule has 4 aliphatic rings. The summed E-state index contributed by atoms with van der Waals surface area (Å²) in [5.41, 5.74) is 0.985. The average Bonchev–Trinajstić information content (AvgIpc) is 3.34. The van der Waals surface area contributed by atoms with Crippen molar-refractivity contribution in [2.24, 2.45) is 10.9 Å². The monoisotopic (exact) mass is 566 g/mol. The summed E-state index contributed by atoms with van der Waals surface area (Å²) >= 11 is 3.16. The molecule has 0 bridgehead atoms. The zero-order valence-electron chi connectivity index (χ0n) is 22.6. The number of fused-ring (bicyclic) bond motifs is 1. The Morgan fingerprint density at radius 1 is 1.21 bits per heavy atom. The van der Waals surface area contributed by atoms with Crippen LogP contribution in [0.2, 0.25) is 0 Å². The molecule has 2 aliphatic carbocycles. The number of rotatable bonds is 8. The standard InChI is InChI=1S/C28H40F2N4O2S2/c1-19-31-13-6-22(37-19)17-25(35)33-27(2)10-3-20(4-11-27)7-14-34-15-8-23-24(9-16-34)38-26(32-23)36-21-5-12-28(29,30)18-21/h6,20-21H,3-5,7-18H2,1-2H3,(H,33,35). The van der Waals surface area contributed by atoms with Gasteiger partial charge in [0.1, 0.15) is 6.10 Å². The molecular formula is C28H40F2N4O2S2. The Kier molecular flexibility index (Phi) is 8.79. The average molecular weight is 567 g/mol. The van der Waals surface area contributed by atoms with E-state index in [4.69, 9.17) is 4.74 Å². The van der Waals surface area contributed by atoms with Crippen LogP contribution < -0.4 is 10.1 Å². The Hall–Kier alpha value is -1.52. The zero-order valence-corrected chi connectivity index (χ0v) is 24.2. The fourth-order valence-electron chi connectivity index (χ4n) is 6.09. The minimum atomic E-state index is -2.59. The molecule has 3 heterocycles. The molecule has 1 aromatic heterocycles. The number of aromatic nitrogens is 1. The molecule has 1 unspecified atom stereocenters. The number of carbonyl (C=O) groups is 1. The third-order valence-corrected chi connectivity index (χ3v) is 10.5. The van der Waals surface area contributed by atoms with Gasteiger partial charge in [0.25, 0.3) is 11.1 Å². The lowest BCUT2D eigenvalue weighted by atomic mass is 9.76. The second kappa shape index (κ2) is 11.9. The number of amides is 1. The first-order chi connectivity index (χ1) is 18.1. The molecule has 2 aliphatic heterocycles. The highest BCUT2D eigenvalue weighted by atomic mass is 32.2. The maximum absolute atomic E-state index is 13.5. The fraction of sp³-hybridized carbons (Fsp3) is 0.750. The SMILES string of the molecule is CC1=NCC=C(CC(=O)NC2(C)CCC(CCN3CCc4nc(OC5CCC(F)(F)C5)sc4CC3)CC2)S1. The van der Waals surface area contributed by atoms with E-state index in [9.17, 15) is 13.6 Å². The third kappa shape index (κ3) is 7.56. The van der Waals surface area contributed by atoms with Crippen molar-refractivity contribution in [2.45, 2.75) is 102 Å². The van der Waals surface area contributed by atoms with Crippen LogP contribution in [0.25, 0.3) is 0 Å². The number of hydrogen-bond acceptors (Lipinski definition) is 7. The van der Waals surface area contributed by atoms with E-state index < -0.39 is 12.0 Å². The molecule has 0 spiro atoms. The van der Waals surface area contributed by atoms with E-state index in [0.29, 0.717) is 30.5 Å². The molecule has 0 aromatic carbocycles. The number of thioether (sulfide) groups is 1. The van der Waals surface area contributed by atoms with Gasteiger partial charge in [0, 0.05) is 42.8 Å². The number of thiazole rings is 1. The number of nitrogens with one attached hydrogen (secondary N) is 1. The molecule has 1 N–H and O–H groups in total. The number of ether oxygens (including phenoxy) is 1. The number of carbonyl (C=O) groups excluding carboxylic acids is 1. The van der Waals surface area contributed by atoms with Crippen LogP contribution in [0.3, 0.4) is 0 Å². The molecule has 1 amide bonds. The van der Waals surface area contributed by atoms with Crippen molar-refractivity contribution < 1.29 is 18.3 Å². The Morgan fingerprint density at radius 2 is 2.00 bits per heavy atom. The van der Waals surface area contributed by atoms with Gasteiger partial charge in [-0.05, 0) is 76.2 Å². The molecule has 6 nitrogen and oxygen atoms in total. The third-order valence-electron chi connectivity index (χ3n) is 8.45. The van der Waals surface area contributed by atoms with E-state index in [-0.39, 0.29) is 24.3 Å². The van der Waals surface area contributed by atoms with Gasteiger partial charge in [-0.3, -0.25) is 9.79 Å². The lowest BCUT2D eigenvalue weighted by Crippen LogP contribution is -2.48. The largest absolute Gasteiger partial charge is 0.466 e. The number of nitrogens with zero attached hydrogens (tertiary/aromatic N) is 3. The van der Waals surface area contributed by atoms with Gasteiger partial charge < -0.3 is 15.0 Å². The molecule has 10 heteroatoms. The Labute approximate surface area is 233 Å². The summed E-state index contributed by atoms with van der Waals surface area (Å²) in [6.07, 6.45) is 9.66. The van der Waals surface area contributed by atoms with E-state index in [1.165, 1.54) is 11.3 Å². The van der Waals surface area contributed by atoms with Crippen LogP contribution in [0, 0.1) is 5.92 Å². The van der Waals surface area contributed by atoms with Crippen LogP contribution in [0.5, 0.6) is 5.19 Å². The molecule has 210 valence electrons. The van der Waals surface area contributed by atoms with E-state index in [0.717, 1.165) is 73.8 Å². The molecule has 2 fully saturated rings. The molecule has 5 rings (SSSR count). The molecule has 1 atom stereocenters. The van der Waals surface area contributed by atoms with E-state index in [1.807, 2.05) is 6.92 Å². The summed E-state index contributed by atoms with van der Waals surface area (Å²) in [6.45, 7) is 7.96. The van der Waals surface area contributed by atoms with Crippen molar-refractivity contribution >= 4 is 34.0 Å². The summed E-state index contributed by atoms with van der Waals surface area (Å²) in [5, 5.41) is 4.94. The molecule has 0 radical (unpaired) electrons. The van der Waals surface area contributed by atoms with Gasteiger partial charge in [-0.15, -0.1) is 0 Å². The quantitative estimate of drug-likeness (QED) is 0.418. The highest BCUT2D eigenvalue weighted by Crippen LogP contribution is 2.39. The van der Waals surface area contributed by atoms with Gasteiger partial charge in [-0.2, -0.15) is 0 Å². The number of aliphatic imine (C=N–C) groups is 1. The van der Waals surface area contributed by atoms with Crippen molar-refractivity contribution in [3.63, 3.8) is 0 Å². The van der Waals surface area contributed by atoms with Gasteiger partial charge in [0.2, 0.25) is 5.91 Å². The highest BCUT2D eigenvalue weighted by molar-refractivity contribution is 8.17. The van der Waals surface area contributed by atoms with Crippen molar-refractivity contribution in [3.8, 4) is 5.19 Å². The van der Waals surface area contributed by atoms with Crippen LogP contribution in [0.4, 0.5) is 8.78 Å². The minimum Gasteiger partial charge on any atom is -0.466 e. The van der Waals surface area contributed by atoms with E-state index >= 15 is 0 Å². The van der Waals surface area contributed by atoms with Crippen LogP contribution >= 0.6 is 23.1 Å². The van der Waals surface area contributed by atoms with Crippen LogP contribution in [-0.2, 0) is 17.6 Å². The van der Waals surface area contributed by atoms with Crippen molar-refractivity contribution in [2.75, 3.05) is 26.2 Å². The summed E-state index contributed by atoms with van der Waals surface area (Å²) < 4.78 is 32.8. The number of alkyl halides is 2. The Bertz CT molecular complexity index is 1040. The first-order valence-corrected chi connectivity index (χ1v) is 15.7. The molecule has 2 saturated carbocycles. The highest BCUT2D eigenvalue weighted by Gasteiger charge is 2.41. The zero-order chi connectivity index (χ0) is 26.8. The van der Waals surface area contributed by atoms with Crippen LogP contribution in [-0.4, -0.2) is 64.6 Å². The maximum Gasteiger partial charge on any atom is 0.273 e. The van der Waals surface area contributed by atoms with E-state index in [2.05, 4.69) is 33.2 Å². The predicted octanol–water partition coefficient (Wildman–Crippen LogP) is 6.00. The summed E-state index contributed by atoms with van der Waals surface area (Å²) in [6, 6.07) is 0. The van der Waals surface area contributed by atoms with Gasteiger partial charge in [0.05, 0.1) is 23.7 Å². The van der Waals surface area contributed by atoms with Crippen molar-refractivity contribution in [3.05, 3.63) is 21.6 Å². The van der Waals surface area contributed by atoms with E-state index in [1.54, 1.807) is 23.1 Å². The maximum atomic E-state index is 13.5. The normalized spacial score (nSPS) is 29.7. The molecule has 1 aromatic rings. The smallest absolute Gasteiger partial charge is 0.273 e. The second-order valence-electron chi connectivity index (χ2n) is 11.7. The molecule has 38 heavy (non-hydrogen) atoms. The van der Waals surface area contributed by atoms with Gasteiger partial charge >= 0.3 is 0 Å². The Balaban J connectivity index is 1.01. The first kappa shape index (κ1) is 28.0. The summed E-state index contributed by atoms with van der Waals surface area (Å²) in [5.74, 6) is -1.76. The van der Waals surface area contributed by atoms with Crippen molar-refractivity contribution in [1.29, 1.82) is 0 Å². The molecular weight excluding hydrogens is 526 g/mol. The summed E-state index contributed by atoms with van der Waals surface area (Å²) in [7, 11) is 0. The lowest BCUT2D eigenvalue weighted by Gasteiger charge is -2.38. The van der Waals surface area contributed by atoms with Gasteiger partial charge in [0.15, 0.2) is 0 Å². The Morgan fingerprint density at radius 3 is 2.74 bits per heavy atom. The van der Waals surface area contributed by atoms with Crippen molar-refractivity contribution in [1.82, 2.24) is 15.2 Å². The predicted molar refractivity (Wildman–Crippen MR) is 151 cm³/mol. The lowest BCUT2D eigenvalue weighted by molar-refractivity contribution is -0.122.